The van der Waals surface area contributed by atoms with Gasteiger partial charge in [0.2, 0.25) is 5.91 Å². The molecule has 0 radical (unpaired) electrons. The number of benzene rings is 3. The lowest BCUT2D eigenvalue weighted by Crippen LogP contribution is -2.47. The molecule has 1 aliphatic rings. The fraction of sp³-hybridized carbons (Fsp3) is 0.296. The van der Waals surface area contributed by atoms with Gasteiger partial charge in [0.05, 0.1) is 0 Å². The molecule has 1 saturated heterocycles. The highest BCUT2D eigenvalue weighted by Gasteiger charge is 2.18. The highest BCUT2D eigenvalue weighted by Crippen LogP contribution is 2.28. The first kappa shape index (κ1) is 21.1. The lowest BCUT2D eigenvalue weighted by atomic mass is 10.0. The molecule has 4 heteroatoms. The predicted octanol–water partition coefficient (Wildman–Crippen LogP) is 4.91. The number of ether oxygens (including phenoxy) is 1. The van der Waals surface area contributed by atoms with Crippen LogP contribution in [0.1, 0.15) is 23.6 Å². The van der Waals surface area contributed by atoms with E-state index in [1.807, 2.05) is 23.1 Å². The van der Waals surface area contributed by atoms with Crippen LogP contribution in [0.4, 0.5) is 0 Å². The third-order valence-electron chi connectivity index (χ3n) is 5.90. The Kier molecular flexibility index (Phi) is 6.68. The van der Waals surface area contributed by atoms with E-state index in [1.165, 1.54) is 22.3 Å². The number of hydrogen-bond acceptors (Lipinski definition) is 3. The van der Waals surface area contributed by atoms with Gasteiger partial charge in [0.1, 0.15) is 12.4 Å². The first-order chi connectivity index (χ1) is 15.1. The van der Waals surface area contributed by atoms with E-state index in [-0.39, 0.29) is 5.91 Å². The third kappa shape index (κ3) is 5.53. The monoisotopic (exact) mass is 414 g/mol. The number of carbonyl (C=O) groups is 1. The topological polar surface area (TPSA) is 32.8 Å². The lowest BCUT2D eigenvalue weighted by molar-refractivity contribution is -0.130. The average molecular weight is 415 g/mol. The molecule has 0 saturated carbocycles. The summed E-state index contributed by atoms with van der Waals surface area (Å²) >= 11 is 0. The van der Waals surface area contributed by atoms with E-state index in [2.05, 4.69) is 66.4 Å². The molecular formula is C27H30N2O2. The van der Waals surface area contributed by atoms with Gasteiger partial charge in [0, 0.05) is 39.6 Å². The molecule has 3 aromatic carbocycles. The molecule has 0 spiro atoms. The normalized spacial score (nSPS) is 14.5. The number of nitrogens with zero attached hydrogens (tertiary/aromatic N) is 2. The van der Waals surface area contributed by atoms with Crippen LogP contribution >= 0.6 is 0 Å². The summed E-state index contributed by atoms with van der Waals surface area (Å²) in [6.07, 6.45) is 0. The van der Waals surface area contributed by atoms with Crippen molar-refractivity contribution in [2.24, 2.45) is 0 Å². The molecule has 31 heavy (non-hydrogen) atoms. The van der Waals surface area contributed by atoms with E-state index >= 15 is 0 Å². The molecule has 3 aromatic rings. The van der Waals surface area contributed by atoms with Gasteiger partial charge in [-0.3, -0.25) is 9.69 Å². The SMILES string of the molecule is CC(=O)N1CCN(Cc2cccc(-c3ccc(OCc4ccccc4)c(C)c3)c2)CC1. The number of rotatable bonds is 6. The highest BCUT2D eigenvalue weighted by molar-refractivity contribution is 5.73. The third-order valence-corrected chi connectivity index (χ3v) is 5.90. The molecule has 1 aliphatic heterocycles. The fourth-order valence-electron chi connectivity index (χ4n) is 4.05. The smallest absolute Gasteiger partial charge is 0.219 e. The van der Waals surface area contributed by atoms with Gasteiger partial charge in [-0.2, -0.15) is 0 Å². The maximum atomic E-state index is 11.5. The van der Waals surface area contributed by atoms with Crippen LogP contribution in [0.15, 0.2) is 72.8 Å². The van der Waals surface area contributed by atoms with Crippen molar-refractivity contribution in [1.82, 2.24) is 9.80 Å². The van der Waals surface area contributed by atoms with Crippen molar-refractivity contribution in [2.75, 3.05) is 26.2 Å². The Hall–Kier alpha value is -3.11. The quantitative estimate of drug-likeness (QED) is 0.575. The van der Waals surface area contributed by atoms with E-state index in [4.69, 9.17) is 4.74 Å². The van der Waals surface area contributed by atoms with Gasteiger partial charge in [0.15, 0.2) is 0 Å². The van der Waals surface area contributed by atoms with Crippen molar-refractivity contribution >= 4 is 5.91 Å². The molecule has 4 nitrogen and oxygen atoms in total. The van der Waals surface area contributed by atoms with Gasteiger partial charge < -0.3 is 9.64 Å². The van der Waals surface area contributed by atoms with Crippen molar-refractivity contribution in [3.05, 3.63) is 89.5 Å². The minimum atomic E-state index is 0.174. The summed E-state index contributed by atoms with van der Waals surface area (Å²) in [5, 5.41) is 0. The van der Waals surface area contributed by atoms with Crippen LogP contribution in [-0.4, -0.2) is 41.9 Å². The summed E-state index contributed by atoms with van der Waals surface area (Å²) in [5.41, 5.74) is 6.03. The second kappa shape index (κ2) is 9.80. The maximum absolute atomic E-state index is 11.5. The molecular weight excluding hydrogens is 384 g/mol. The molecule has 0 unspecified atom stereocenters. The van der Waals surface area contributed by atoms with Gasteiger partial charge in [-0.1, -0.05) is 54.6 Å². The predicted molar refractivity (Wildman–Crippen MR) is 125 cm³/mol. The van der Waals surface area contributed by atoms with E-state index in [9.17, 15) is 4.79 Å². The molecule has 1 amide bonds. The Labute approximate surface area is 185 Å². The molecule has 160 valence electrons. The second-order valence-electron chi connectivity index (χ2n) is 8.24. The molecule has 0 bridgehead atoms. The van der Waals surface area contributed by atoms with Gasteiger partial charge in [0.25, 0.3) is 0 Å². The molecule has 4 rings (SSSR count). The fourth-order valence-corrected chi connectivity index (χ4v) is 4.05. The van der Waals surface area contributed by atoms with Crippen LogP contribution in [0.5, 0.6) is 5.75 Å². The summed E-state index contributed by atoms with van der Waals surface area (Å²) in [5.74, 6) is 1.10. The number of piperazine rings is 1. The van der Waals surface area contributed by atoms with Crippen LogP contribution in [-0.2, 0) is 17.9 Å². The van der Waals surface area contributed by atoms with Crippen LogP contribution < -0.4 is 4.74 Å². The van der Waals surface area contributed by atoms with Crippen molar-refractivity contribution in [3.63, 3.8) is 0 Å². The summed E-state index contributed by atoms with van der Waals surface area (Å²) in [4.78, 5) is 15.9. The van der Waals surface area contributed by atoms with Crippen LogP contribution in [0.3, 0.4) is 0 Å². The maximum Gasteiger partial charge on any atom is 0.219 e. The number of hydrogen-bond donors (Lipinski definition) is 0. The van der Waals surface area contributed by atoms with E-state index in [1.54, 1.807) is 6.92 Å². The largest absolute Gasteiger partial charge is 0.489 e. The van der Waals surface area contributed by atoms with Crippen LogP contribution in [0.25, 0.3) is 11.1 Å². The molecule has 1 heterocycles. The number of carbonyl (C=O) groups excluding carboxylic acids is 1. The first-order valence-corrected chi connectivity index (χ1v) is 10.9. The van der Waals surface area contributed by atoms with Gasteiger partial charge in [-0.05, 0) is 52.9 Å². The van der Waals surface area contributed by atoms with E-state index in [0.29, 0.717) is 6.61 Å². The minimum Gasteiger partial charge on any atom is -0.489 e. The summed E-state index contributed by atoms with van der Waals surface area (Å²) in [6, 6.07) is 25.4. The Morgan fingerprint density at radius 2 is 1.55 bits per heavy atom. The summed E-state index contributed by atoms with van der Waals surface area (Å²) in [7, 11) is 0. The Morgan fingerprint density at radius 3 is 2.26 bits per heavy atom. The van der Waals surface area contributed by atoms with Crippen molar-refractivity contribution in [2.45, 2.75) is 27.0 Å². The Morgan fingerprint density at radius 1 is 0.839 bits per heavy atom. The van der Waals surface area contributed by atoms with Gasteiger partial charge in [-0.25, -0.2) is 0 Å². The lowest BCUT2D eigenvalue weighted by Gasteiger charge is -2.34. The molecule has 0 aliphatic carbocycles. The van der Waals surface area contributed by atoms with Gasteiger partial charge >= 0.3 is 0 Å². The summed E-state index contributed by atoms with van der Waals surface area (Å²) < 4.78 is 6.03. The zero-order valence-corrected chi connectivity index (χ0v) is 18.4. The molecule has 0 aromatic heterocycles. The van der Waals surface area contributed by atoms with E-state index in [0.717, 1.165) is 44.0 Å². The Balaban J connectivity index is 1.40. The highest BCUT2D eigenvalue weighted by atomic mass is 16.5. The number of aryl methyl sites for hydroxylation is 1. The van der Waals surface area contributed by atoms with Crippen LogP contribution in [0, 0.1) is 6.92 Å². The zero-order chi connectivity index (χ0) is 21.6. The zero-order valence-electron chi connectivity index (χ0n) is 18.4. The van der Waals surface area contributed by atoms with Crippen molar-refractivity contribution in [3.8, 4) is 16.9 Å². The average Bonchev–Trinajstić information content (AvgIpc) is 2.79. The van der Waals surface area contributed by atoms with Crippen molar-refractivity contribution < 1.29 is 9.53 Å². The molecule has 0 N–H and O–H groups in total. The molecule has 0 atom stereocenters. The standard InChI is InChI=1S/C27H30N2O2/c1-21-17-26(11-12-27(21)31-20-23-7-4-3-5-8-23)25-10-6-9-24(18-25)19-28-13-15-29(16-14-28)22(2)30/h3-12,17-18H,13-16,19-20H2,1-2H3. The second-order valence-corrected chi connectivity index (χ2v) is 8.24. The summed E-state index contributed by atoms with van der Waals surface area (Å²) in [6.45, 7) is 8.73. The van der Waals surface area contributed by atoms with Crippen molar-refractivity contribution in [1.29, 1.82) is 0 Å². The Bertz CT molecular complexity index is 1020. The molecule has 1 fully saturated rings. The first-order valence-electron chi connectivity index (χ1n) is 10.9. The number of amides is 1. The minimum absolute atomic E-state index is 0.174. The van der Waals surface area contributed by atoms with E-state index < -0.39 is 0 Å². The van der Waals surface area contributed by atoms with Crippen LogP contribution in [0.2, 0.25) is 0 Å². The van der Waals surface area contributed by atoms with Gasteiger partial charge in [-0.15, -0.1) is 0 Å².